The summed E-state index contributed by atoms with van der Waals surface area (Å²) in [6.07, 6.45) is 6.79. The number of pyridine rings is 1. The minimum atomic E-state index is -0.0884. The second kappa shape index (κ2) is 10.3. The van der Waals surface area contributed by atoms with Crippen LogP contribution < -0.4 is 15.5 Å². The van der Waals surface area contributed by atoms with Crippen LogP contribution >= 0.6 is 0 Å². The molecule has 6 heteroatoms. The van der Waals surface area contributed by atoms with E-state index in [4.69, 9.17) is 0 Å². The van der Waals surface area contributed by atoms with Gasteiger partial charge >= 0.3 is 0 Å². The Morgan fingerprint density at radius 3 is 2.55 bits per heavy atom. The Morgan fingerprint density at radius 1 is 1.14 bits per heavy atom. The number of benzene rings is 1. The molecule has 0 unspecified atom stereocenters. The molecule has 1 aliphatic rings. The molecule has 2 aromatic rings. The Balaban J connectivity index is 1.55. The first kappa shape index (κ1) is 21.1. The molecule has 1 amide bonds. The van der Waals surface area contributed by atoms with Gasteiger partial charge in [0.05, 0.1) is 17.4 Å². The molecule has 0 atom stereocenters. The van der Waals surface area contributed by atoms with Crippen molar-refractivity contribution in [2.75, 3.05) is 50.5 Å². The Bertz CT molecular complexity index is 782. The third-order valence-electron chi connectivity index (χ3n) is 5.37. The predicted molar refractivity (Wildman–Crippen MR) is 120 cm³/mol. The van der Waals surface area contributed by atoms with Crippen LogP contribution in [0.25, 0.3) is 0 Å². The molecule has 3 rings (SSSR count). The van der Waals surface area contributed by atoms with Crippen LogP contribution in [0.3, 0.4) is 0 Å². The van der Waals surface area contributed by atoms with E-state index in [0.717, 1.165) is 43.3 Å². The van der Waals surface area contributed by atoms with Gasteiger partial charge in [0.15, 0.2) is 0 Å². The van der Waals surface area contributed by atoms with E-state index in [-0.39, 0.29) is 5.91 Å². The molecule has 156 valence electrons. The highest BCUT2D eigenvalue weighted by Crippen LogP contribution is 2.25. The highest BCUT2D eigenvalue weighted by Gasteiger charge is 2.15. The number of nitrogens with one attached hydrogen (secondary N) is 2. The molecule has 1 aromatic carbocycles. The van der Waals surface area contributed by atoms with Gasteiger partial charge in [0.2, 0.25) is 0 Å². The van der Waals surface area contributed by atoms with E-state index in [1.54, 1.807) is 12.4 Å². The molecular weight excluding hydrogens is 362 g/mol. The van der Waals surface area contributed by atoms with Gasteiger partial charge in [-0.25, -0.2) is 0 Å². The quantitative estimate of drug-likeness (QED) is 0.667. The molecule has 1 aromatic heterocycles. The van der Waals surface area contributed by atoms with Crippen LogP contribution in [0.4, 0.5) is 17.1 Å². The van der Waals surface area contributed by atoms with E-state index in [2.05, 4.69) is 56.6 Å². The summed E-state index contributed by atoms with van der Waals surface area (Å²) >= 11 is 0. The van der Waals surface area contributed by atoms with Crippen LogP contribution in [0.2, 0.25) is 0 Å². The van der Waals surface area contributed by atoms with Crippen molar-refractivity contribution in [2.24, 2.45) is 5.92 Å². The maximum absolute atomic E-state index is 12.3. The zero-order valence-corrected chi connectivity index (χ0v) is 17.8. The monoisotopic (exact) mass is 395 g/mol. The number of carbonyl (C=O) groups is 1. The van der Waals surface area contributed by atoms with Gasteiger partial charge < -0.3 is 20.4 Å². The minimum absolute atomic E-state index is 0.0884. The van der Waals surface area contributed by atoms with Crippen LogP contribution in [0.15, 0.2) is 42.7 Å². The number of aromatic nitrogens is 1. The maximum Gasteiger partial charge on any atom is 0.252 e. The average Bonchev–Trinajstić information content (AvgIpc) is 2.72. The van der Waals surface area contributed by atoms with Crippen molar-refractivity contribution in [3.05, 3.63) is 48.3 Å². The molecule has 0 radical (unpaired) electrons. The van der Waals surface area contributed by atoms with Crippen molar-refractivity contribution in [1.82, 2.24) is 15.2 Å². The first-order valence-corrected chi connectivity index (χ1v) is 10.5. The van der Waals surface area contributed by atoms with Gasteiger partial charge in [0.1, 0.15) is 0 Å². The maximum atomic E-state index is 12.3. The van der Waals surface area contributed by atoms with Crippen LogP contribution in [-0.2, 0) is 0 Å². The summed E-state index contributed by atoms with van der Waals surface area (Å²) < 4.78 is 0. The standard InChI is InChI=1S/C23H33N5O/c1-18-9-13-28(14-10-18)22-7-5-20(6-8-22)26-21-15-19(16-24-17-21)23(29)25-11-4-12-27(2)3/h5-8,15-18,26H,4,9-14H2,1-3H3,(H,25,29). The average molecular weight is 396 g/mol. The number of carbonyl (C=O) groups excluding carboxylic acids is 1. The highest BCUT2D eigenvalue weighted by molar-refractivity contribution is 5.94. The Labute approximate surface area is 174 Å². The molecule has 0 spiro atoms. The van der Waals surface area contributed by atoms with Gasteiger partial charge in [0.25, 0.3) is 5.91 Å². The highest BCUT2D eigenvalue weighted by atomic mass is 16.1. The van der Waals surface area contributed by atoms with Crippen LogP contribution in [0.5, 0.6) is 0 Å². The third-order valence-corrected chi connectivity index (χ3v) is 5.37. The fourth-order valence-electron chi connectivity index (χ4n) is 3.52. The first-order chi connectivity index (χ1) is 14.0. The Hall–Kier alpha value is -2.60. The number of amides is 1. The van der Waals surface area contributed by atoms with Crippen LogP contribution in [0.1, 0.15) is 36.5 Å². The normalized spacial score (nSPS) is 14.8. The summed E-state index contributed by atoms with van der Waals surface area (Å²) in [6, 6.07) is 10.3. The molecule has 1 fully saturated rings. The largest absolute Gasteiger partial charge is 0.372 e. The van der Waals surface area contributed by atoms with Crippen LogP contribution in [-0.4, -0.2) is 56.1 Å². The van der Waals surface area contributed by atoms with Gasteiger partial charge in [-0.15, -0.1) is 0 Å². The SMILES string of the molecule is CC1CCN(c2ccc(Nc3cncc(C(=O)NCCCN(C)C)c3)cc2)CC1. The summed E-state index contributed by atoms with van der Waals surface area (Å²) in [6.45, 7) is 6.20. The molecule has 1 saturated heterocycles. The van der Waals surface area contributed by atoms with Crippen molar-refractivity contribution >= 4 is 23.0 Å². The van der Waals surface area contributed by atoms with Crippen molar-refractivity contribution in [2.45, 2.75) is 26.2 Å². The van der Waals surface area contributed by atoms with Crippen LogP contribution in [0, 0.1) is 5.92 Å². The smallest absolute Gasteiger partial charge is 0.252 e. The second-order valence-corrected chi connectivity index (χ2v) is 8.22. The lowest BCUT2D eigenvalue weighted by atomic mass is 9.99. The molecule has 1 aliphatic heterocycles. The number of hydrogen-bond donors (Lipinski definition) is 2. The zero-order chi connectivity index (χ0) is 20.6. The van der Waals surface area contributed by atoms with Gasteiger partial charge in [0, 0.05) is 37.2 Å². The van der Waals surface area contributed by atoms with E-state index < -0.39 is 0 Å². The summed E-state index contributed by atoms with van der Waals surface area (Å²) in [5, 5.41) is 6.30. The molecule has 0 bridgehead atoms. The lowest BCUT2D eigenvalue weighted by molar-refractivity contribution is 0.0952. The van der Waals surface area contributed by atoms with E-state index in [1.807, 2.05) is 20.2 Å². The second-order valence-electron chi connectivity index (χ2n) is 8.22. The van der Waals surface area contributed by atoms with Gasteiger partial charge in [-0.1, -0.05) is 6.92 Å². The van der Waals surface area contributed by atoms with E-state index in [9.17, 15) is 4.79 Å². The summed E-state index contributed by atoms with van der Waals surface area (Å²) in [4.78, 5) is 21.1. The van der Waals surface area contributed by atoms with E-state index in [0.29, 0.717) is 12.1 Å². The summed E-state index contributed by atoms with van der Waals surface area (Å²) in [7, 11) is 4.06. The predicted octanol–water partition coefficient (Wildman–Crippen LogP) is 3.74. The molecule has 0 aliphatic carbocycles. The van der Waals surface area contributed by atoms with E-state index in [1.165, 1.54) is 18.5 Å². The fraction of sp³-hybridized carbons (Fsp3) is 0.478. The number of nitrogens with zero attached hydrogens (tertiary/aromatic N) is 3. The fourth-order valence-corrected chi connectivity index (χ4v) is 3.52. The number of hydrogen-bond acceptors (Lipinski definition) is 5. The van der Waals surface area contributed by atoms with E-state index >= 15 is 0 Å². The molecular formula is C23H33N5O. The first-order valence-electron chi connectivity index (χ1n) is 10.5. The topological polar surface area (TPSA) is 60.5 Å². The van der Waals surface area contributed by atoms with Gasteiger partial charge in [-0.3, -0.25) is 9.78 Å². The minimum Gasteiger partial charge on any atom is -0.372 e. The van der Waals surface area contributed by atoms with Crippen molar-refractivity contribution in [3.63, 3.8) is 0 Å². The lowest BCUT2D eigenvalue weighted by Gasteiger charge is -2.32. The molecule has 2 heterocycles. The Morgan fingerprint density at radius 2 is 1.86 bits per heavy atom. The number of rotatable bonds is 8. The van der Waals surface area contributed by atoms with Crippen molar-refractivity contribution in [1.29, 1.82) is 0 Å². The number of piperidine rings is 1. The molecule has 2 N–H and O–H groups in total. The third kappa shape index (κ3) is 6.46. The summed E-state index contributed by atoms with van der Waals surface area (Å²) in [5.74, 6) is 0.742. The lowest BCUT2D eigenvalue weighted by Crippen LogP contribution is -2.32. The molecule has 0 saturated carbocycles. The van der Waals surface area contributed by atoms with Gasteiger partial charge in [-0.2, -0.15) is 0 Å². The number of anilines is 3. The van der Waals surface area contributed by atoms with Crippen molar-refractivity contribution in [3.8, 4) is 0 Å². The summed E-state index contributed by atoms with van der Waals surface area (Å²) in [5.41, 5.74) is 3.64. The Kier molecular flexibility index (Phi) is 7.47. The van der Waals surface area contributed by atoms with Gasteiger partial charge in [-0.05, 0) is 76.2 Å². The van der Waals surface area contributed by atoms with Crippen molar-refractivity contribution < 1.29 is 4.79 Å². The zero-order valence-electron chi connectivity index (χ0n) is 17.8. The molecule has 29 heavy (non-hydrogen) atoms. The molecule has 6 nitrogen and oxygen atoms in total.